The summed E-state index contributed by atoms with van der Waals surface area (Å²) in [6, 6.07) is 8.72. The molecule has 1 saturated heterocycles. The van der Waals surface area contributed by atoms with Gasteiger partial charge in [0.15, 0.2) is 0 Å². The Labute approximate surface area is 152 Å². The lowest BCUT2D eigenvalue weighted by molar-refractivity contribution is -0.123. The highest BCUT2D eigenvalue weighted by Crippen LogP contribution is 2.20. The first-order valence-electron chi connectivity index (χ1n) is 9.31. The van der Waals surface area contributed by atoms with Crippen molar-refractivity contribution in [3.63, 3.8) is 0 Å². The number of carbonyl (C=O) groups is 1. The minimum absolute atomic E-state index is 0.0923. The van der Waals surface area contributed by atoms with E-state index in [0.717, 1.165) is 31.5 Å². The van der Waals surface area contributed by atoms with Gasteiger partial charge in [-0.1, -0.05) is 29.8 Å². The second-order valence-electron chi connectivity index (χ2n) is 7.60. The van der Waals surface area contributed by atoms with Gasteiger partial charge in [0.25, 0.3) is 0 Å². The van der Waals surface area contributed by atoms with Gasteiger partial charge in [0.2, 0.25) is 5.91 Å². The normalized spacial score (nSPS) is 17.9. The number of likely N-dealkylation sites (tertiary alicyclic amines) is 1. The largest absolute Gasteiger partial charge is 0.387 e. The van der Waals surface area contributed by atoms with Crippen molar-refractivity contribution >= 4 is 5.91 Å². The predicted molar refractivity (Wildman–Crippen MR) is 102 cm³/mol. The van der Waals surface area contributed by atoms with Gasteiger partial charge in [-0.05, 0) is 59.3 Å². The monoisotopic (exact) mass is 347 g/mol. The number of amides is 1. The Hall–Kier alpha value is -1.43. The zero-order chi connectivity index (χ0) is 18.4. The van der Waals surface area contributed by atoms with Crippen molar-refractivity contribution in [2.75, 3.05) is 33.2 Å². The number of rotatable bonds is 7. The summed E-state index contributed by atoms with van der Waals surface area (Å²) in [6.45, 7) is 9.07. The van der Waals surface area contributed by atoms with Crippen molar-refractivity contribution in [2.45, 2.75) is 51.8 Å². The van der Waals surface area contributed by atoms with Crippen LogP contribution in [0.3, 0.4) is 0 Å². The second kappa shape index (κ2) is 9.32. The zero-order valence-corrected chi connectivity index (χ0v) is 16.0. The standard InChI is InChI=1S/C20H33N3O2/c1-15(2)21-20(25)14-22(4)18-9-11-23(12-10-18)13-19(24)17-7-5-16(3)6-8-17/h5-8,15,18-19,24H,9-14H2,1-4H3,(H,21,25). The number of hydrogen-bond donors (Lipinski definition) is 2. The van der Waals surface area contributed by atoms with Crippen LogP contribution in [0.2, 0.25) is 0 Å². The molecule has 2 N–H and O–H groups in total. The highest BCUT2D eigenvalue weighted by molar-refractivity contribution is 5.78. The Kier molecular flexibility index (Phi) is 7.41. The van der Waals surface area contributed by atoms with Crippen molar-refractivity contribution in [3.8, 4) is 0 Å². The van der Waals surface area contributed by atoms with E-state index in [0.29, 0.717) is 19.1 Å². The molecule has 0 saturated carbocycles. The van der Waals surface area contributed by atoms with Gasteiger partial charge in [-0.3, -0.25) is 9.69 Å². The topological polar surface area (TPSA) is 55.8 Å². The first-order valence-corrected chi connectivity index (χ1v) is 9.31. The van der Waals surface area contributed by atoms with Gasteiger partial charge in [0.1, 0.15) is 0 Å². The number of aliphatic hydroxyl groups is 1. The van der Waals surface area contributed by atoms with Crippen LogP contribution in [0.25, 0.3) is 0 Å². The molecule has 5 heteroatoms. The van der Waals surface area contributed by atoms with Crippen LogP contribution in [0.15, 0.2) is 24.3 Å². The van der Waals surface area contributed by atoms with E-state index in [9.17, 15) is 9.90 Å². The Morgan fingerprint density at radius 2 is 1.88 bits per heavy atom. The molecule has 1 heterocycles. The third-order valence-corrected chi connectivity index (χ3v) is 4.92. The zero-order valence-electron chi connectivity index (χ0n) is 16.0. The SMILES string of the molecule is Cc1ccc(C(O)CN2CCC(N(C)CC(=O)NC(C)C)CC2)cc1. The number of carbonyl (C=O) groups excluding carboxylic acids is 1. The van der Waals surface area contributed by atoms with Gasteiger partial charge in [0.05, 0.1) is 12.6 Å². The molecule has 0 spiro atoms. The van der Waals surface area contributed by atoms with E-state index in [-0.39, 0.29) is 11.9 Å². The molecular formula is C20H33N3O2. The minimum atomic E-state index is -0.438. The van der Waals surface area contributed by atoms with Gasteiger partial charge in [-0.15, -0.1) is 0 Å². The molecule has 0 bridgehead atoms. The molecule has 1 amide bonds. The van der Waals surface area contributed by atoms with E-state index < -0.39 is 6.10 Å². The summed E-state index contributed by atoms with van der Waals surface area (Å²) >= 11 is 0. The summed E-state index contributed by atoms with van der Waals surface area (Å²) in [5.41, 5.74) is 2.19. The van der Waals surface area contributed by atoms with E-state index in [4.69, 9.17) is 0 Å². The molecule has 0 aliphatic carbocycles. The van der Waals surface area contributed by atoms with Crippen LogP contribution in [0.1, 0.15) is 43.9 Å². The number of β-amino-alcohol motifs (C(OH)–C–C–N with tert-alkyl or cyclic N) is 1. The maximum absolute atomic E-state index is 11.9. The van der Waals surface area contributed by atoms with Crippen LogP contribution >= 0.6 is 0 Å². The molecule has 0 aromatic heterocycles. The lowest BCUT2D eigenvalue weighted by Crippen LogP contribution is -2.47. The maximum Gasteiger partial charge on any atom is 0.234 e. The van der Waals surface area contributed by atoms with Crippen molar-refractivity contribution in [2.24, 2.45) is 0 Å². The number of aliphatic hydroxyl groups excluding tert-OH is 1. The molecule has 1 unspecified atom stereocenters. The smallest absolute Gasteiger partial charge is 0.234 e. The molecule has 1 aromatic carbocycles. The van der Waals surface area contributed by atoms with Gasteiger partial charge in [-0.25, -0.2) is 0 Å². The lowest BCUT2D eigenvalue weighted by atomic mass is 10.0. The van der Waals surface area contributed by atoms with Crippen LogP contribution in [-0.4, -0.2) is 66.1 Å². The second-order valence-corrected chi connectivity index (χ2v) is 7.60. The number of hydrogen-bond acceptors (Lipinski definition) is 4. The fourth-order valence-corrected chi connectivity index (χ4v) is 3.40. The van der Waals surface area contributed by atoms with Gasteiger partial charge in [-0.2, -0.15) is 0 Å². The summed E-state index contributed by atoms with van der Waals surface area (Å²) in [5.74, 6) is 0.0923. The Balaban J connectivity index is 1.75. The molecule has 1 aliphatic rings. The number of nitrogens with zero attached hydrogens (tertiary/aromatic N) is 2. The average molecular weight is 348 g/mol. The molecule has 0 radical (unpaired) electrons. The minimum Gasteiger partial charge on any atom is -0.387 e. The summed E-state index contributed by atoms with van der Waals surface area (Å²) < 4.78 is 0. The van der Waals surface area contributed by atoms with Crippen LogP contribution in [-0.2, 0) is 4.79 Å². The molecular weight excluding hydrogens is 314 g/mol. The average Bonchev–Trinajstić information content (AvgIpc) is 2.55. The number of nitrogens with one attached hydrogen (secondary N) is 1. The number of aryl methyl sites for hydroxylation is 1. The fraction of sp³-hybridized carbons (Fsp3) is 0.650. The van der Waals surface area contributed by atoms with Gasteiger partial charge in [0, 0.05) is 18.6 Å². The van der Waals surface area contributed by atoms with Gasteiger partial charge >= 0.3 is 0 Å². The Morgan fingerprint density at radius 1 is 1.28 bits per heavy atom. The number of likely N-dealkylation sites (N-methyl/N-ethyl adjacent to an activating group) is 1. The lowest BCUT2D eigenvalue weighted by Gasteiger charge is -2.37. The van der Waals surface area contributed by atoms with Crippen molar-refractivity contribution in [1.29, 1.82) is 0 Å². The molecule has 25 heavy (non-hydrogen) atoms. The summed E-state index contributed by atoms with van der Waals surface area (Å²) in [6.07, 6.45) is 1.63. The van der Waals surface area contributed by atoms with E-state index in [1.165, 1.54) is 5.56 Å². The van der Waals surface area contributed by atoms with E-state index in [1.807, 2.05) is 45.2 Å². The fourth-order valence-electron chi connectivity index (χ4n) is 3.40. The molecule has 2 rings (SSSR count). The molecule has 1 atom stereocenters. The van der Waals surface area contributed by atoms with Crippen LogP contribution in [0.4, 0.5) is 0 Å². The quantitative estimate of drug-likeness (QED) is 0.792. The molecule has 1 fully saturated rings. The van der Waals surface area contributed by atoms with Crippen LogP contribution in [0, 0.1) is 6.92 Å². The number of piperidine rings is 1. The van der Waals surface area contributed by atoms with E-state index in [1.54, 1.807) is 0 Å². The molecule has 1 aromatic rings. The highest BCUT2D eigenvalue weighted by atomic mass is 16.3. The van der Waals surface area contributed by atoms with E-state index >= 15 is 0 Å². The van der Waals surface area contributed by atoms with Crippen molar-refractivity contribution in [1.82, 2.24) is 15.1 Å². The third-order valence-electron chi connectivity index (χ3n) is 4.92. The Bertz CT molecular complexity index is 536. The van der Waals surface area contributed by atoms with Gasteiger partial charge < -0.3 is 15.3 Å². The first kappa shape index (κ1) is 19.9. The maximum atomic E-state index is 11.9. The molecule has 140 valence electrons. The Morgan fingerprint density at radius 3 is 2.44 bits per heavy atom. The van der Waals surface area contributed by atoms with Crippen molar-refractivity contribution in [3.05, 3.63) is 35.4 Å². The summed E-state index contributed by atoms with van der Waals surface area (Å²) in [4.78, 5) is 16.4. The summed E-state index contributed by atoms with van der Waals surface area (Å²) in [7, 11) is 2.03. The van der Waals surface area contributed by atoms with E-state index in [2.05, 4.69) is 22.0 Å². The van der Waals surface area contributed by atoms with Crippen molar-refractivity contribution < 1.29 is 9.90 Å². The molecule has 1 aliphatic heterocycles. The number of benzene rings is 1. The molecule has 5 nitrogen and oxygen atoms in total. The predicted octanol–water partition coefficient (Wildman–Crippen LogP) is 1.95. The summed E-state index contributed by atoms with van der Waals surface area (Å²) in [5, 5.41) is 13.4. The first-order chi connectivity index (χ1) is 11.8. The van der Waals surface area contributed by atoms with Crippen LogP contribution in [0.5, 0.6) is 0 Å². The van der Waals surface area contributed by atoms with Crippen LogP contribution < -0.4 is 5.32 Å². The highest BCUT2D eigenvalue weighted by Gasteiger charge is 2.25. The third kappa shape index (κ3) is 6.42.